The molecule has 104 valence electrons. The summed E-state index contributed by atoms with van der Waals surface area (Å²) in [5, 5.41) is 0. The van der Waals surface area contributed by atoms with Gasteiger partial charge in [-0.2, -0.15) is 0 Å². The van der Waals surface area contributed by atoms with Crippen LogP contribution in [-0.2, 0) is 8.37 Å². The number of rotatable bonds is 12. The summed E-state index contributed by atoms with van der Waals surface area (Å²) in [5.74, 6) is 0. The molecule has 0 aromatic rings. The highest BCUT2D eigenvalue weighted by atomic mass is 34.0. The fraction of sp³-hybridized carbons (Fsp3) is 1.00. The molecule has 0 atom stereocenters. The van der Waals surface area contributed by atoms with Gasteiger partial charge >= 0.3 is 0 Å². The smallest absolute Gasteiger partial charge is 0.0751 e. The lowest BCUT2D eigenvalue weighted by molar-refractivity contribution is 0.293. The Morgan fingerprint density at radius 2 is 0.824 bits per heavy atom. The van der Waals surface area contributed by atoms with Gasteiger partial charge in [-0.25, -0.2) is 0 Å². The molecule has 0 saturated heterocycles. The second-order valence-electron chi connectivity index (χ2n) is 2.90. The summed E-state index contributed by atoms with van der Waals surface area (Å²) in [7, 11) is 12.0. The molecule has 0 rings (SSSR count). The number of hydrogen-bond donors (Lipinski definition) is 0. The van der Waals surface area contributed by atoms with Gasteiger partial charge in [0.15, 0.2) is 0 Å². The van der Waals surface area contributed by atoms with Crippen LogP contribution in [0.15, 0.2) is 0 Å². The average molecular weight is 407 g/mol. The zero-order valence-corrected chi connectivity index (χ0v) is 17.0. The topological polar surface area (TPSA) is 18.5 Å². The molecule has 0 radical (unpaired) electrons. The quantitative estimate of drug-likeness (QED) is 0.181. The lowest BCUT2D eigenvalue weighted by atomic mass is 10.5. The summed E-state index contributed by atoms with van der Waals surface area (Å²) < 4.78 is 10.6. The van der Waals surface area contributed by atoms with Crippen LogP contribution in [0.25, 0.3) is 0 Å². The predicted molar refractivity (Wildman–Crippen MR) is 101 cm³/mol. The zero-order chi connectivity index (χ0) is 12.9. The fourth-order valence-corrected chi connectivity index (χ4v) is 17.9. The Bertz CT molecular complexity index is 142. The van der Waals surface area contributed by atoms with Crippen LogP contribution in [0.4, 0.5) is 0 Å². The minimum absolute atomic E-state index is 0.282. The van der Waals surface area contributed by atoms with Crippen LogP contribution in [0.1, 0.15) is 27.7 Å². The van der Waals surface area contributed by atoms with E-state index in [4.69, 9.17) is 8.37 Å². The molecule has 2 nitrogen and oxygen atoms in total. The Morgan fingerprint density at radius 3 is 1.12 bits per heavy atom. The van der Waals surface area contributed by atoms with Gasteiger partial charge in [0.2, 0.25) is 0 Å². The zero-order valence-electron chi connectivity index (χ0n) is 9.65. The van der Waals surface area contributed by atoms with Crippen LogP contribution >= 0.6 is 90.9 Å². The van der Waals surface area contributed by atoms with E-state index in [0.29, 0.717) is 0 Å². The van der Waals surface area contributed by atoms with Crippen molar-refractivity contribution in [2.24, 2.45) is 0 Å². The minimum atomic E-state index is 0.282. The van der Waals surface area contributed by atoms with Crippen molar-refractivity contribution in [3.8, 4) is 0 Å². The molecule has 0 aliphatic rings. The highest BCUT2D eigenvalue weighted by molar-refractivity contribution is 9.50. The van der Waals surface area contributed by atoms with Crippen molar-refractivity contribution in [2.75, 3.05) is 0 Å². The third kappa shape index (κ3) is 19.1. The van der Waals surface area contributed by atoms with Crippen LogP contribution in [0.5, 0.6) is 0 Å². The molecule has 0 aromatic carbocycles. The van der Waals surface area contributed by atoms with Crippen LogP contribution in [0, 0.1) is 0 Å². The first-order valence-electron chi connectivity index (χ1n) is 4.45. The van der Waals surface area contributed by atoms with Gasteiger partial charge in [-0.15, -0.1) is 0 Å². The van der Waals surface area contributed by atoms with Crippen molar-refractivity contribution in [3.05, 3.63) is 0 Å². The minimum Gasteiger partial charge on any atom is -0.302 e. The molecule has 0 fully saturated rings. The first kappa shape index (κ1) is 20.1. The maximum atomic E-state index is 5.32. The Hall–Kier alpha value is 3.07. The van der Waals surface area contributed by atoms with E-state index in [9.17, 15) is 0 Å². The summed E-state index contributed by atoms with van der Waals surface area (Å²) in [6.45, 7) is 8.11. The standard InChI is InChI=1S/C6H14O2S9/c1-5(2)7-9-11-13-15-17-16-14-12-10-8-6(3)4/h5-6H,1-4H3. The molecule has 0 amide bonds. The SMILES string of the molecule is CC(C)OSSSSSSSSSOC(C)C. The van der Waals surface area contributed by atoms with Gasteiger partial charge in [0.1, 0.15) is 0 Å². The Balaban J connectivity index is 2.94. The van der Waals surface area contributed by atoms with Gasteiger partial charge in [-0.3, -0.25) is 0 Å². The van der Waals surface area contributed by atoms with Crippen molar-refractivity contribution >= 4 is 90.9 Å². The van der Waals surface area contributed by atoms with Gasteiger partial charge < -0.3 is 8.37 Å². The molecule has 0 aliphatic heterocycles. The Labute approximate surface area is 138 Å². The van der Waals surface area contributed by atoms with Crippen LogP contribution in [0.3, 0.4) is 0 Å². The molecule has 0 aromatic heterocycles. The normalized spacial score (nSPS) is 11.6. The summed E-state index contributed by atoms with van der Waals surface area (Å²) in [6.07, 6.45) is 0.565. The van der Waals surface area contributed by atoms with Crippen molar-refractivity contribution in [3.63, 3.8) is 0 Å². The second-order valence-corrected chi connectivity index (χ2v) is 16.8. The van der Waals surface area contributed by atoms with E-state index in [1.165, 1.54) is 22.1 Å². The van der Waals surface area contributed by atoms with Crippen molar-refractivity contribution < 1.29 is 8.37 Å². The molecule has 0 aliphatic carbocycles. The van der Waals surface area contributed by atoms with Gasteiger partial charge in [-0.05, 0) is 27.7 Å². The first-order valence-corrected chi connectivity index (χ1v) is 15.8. The second kappa shape index (κ2) is 15.5. The third-order valence-corrected chi connectivity index (χ3v) is 16.9. The van der Waals surface area contributed by atoms with E-state index >= 15 is 0 Å². The van der Waals surface area contributed by atoms with Gasteiger partial charge in [0, 0.05) is 68.8 Å². The third-order valence-electron chi connectivity index (χ3n) is 0.686. The molecular weight excluding hydrogens is 393 g/mol. The molecular formula is C6H14O2S9. The predicted octanol–water partition coefficient (Wildman–Crippen LogP) is 7.59. The van der Waals surface area contributed by atoms with Gasteiger partial charge in [0.25, 0.3) is 0 Å². The Morgan fingerprint density at radius 1 is 0.529 bits per heavy atom. The molecule has 0 N–H and O–H groups in total. The van der Waals surface area contributed by atoms with E-state index in [2.05, 4.69) is 0 Å². The monoisotopic (exact) mass is 406 g/mol. The molecule has 0 heterocycles. The molecule has 0 spiro atoms. The van der Waals surface area contributed by atoms with E-state index in [-0.39, 0.29) is 12.2 Å². The number of hydrogen-bond acceptors (Lipinski definition) is 11. The van der Waals surface area contributed by atoms with Crippen molar-refractivity contribution in [1.82, 2.24) is 0 Å². The lowest BCUT2D eigenvalue weighted by Crippen LogP contribution is -1.91. The van der Waals surface area contributed by atoms with Gasteiger partial charge in [-0.1, -0.05) is 0 Å². The maximum absolute atomic E-state index is 5.32. The van der Waals surface area contributed by atoms with Crippen molar-refractivity contribution in [1.29, 1.82) is 0 Å². The van der Waals surface area contributed by atoms with E-state index in [1.807, 2.05) is 27.7 Å². The maximum Gasteiger partial charge on any atom is 0.0751 e. The summed E-state index contributed by atoms with van der Waals surface area (Å²) in [6, 6.07) is 0. The van der Waals surface area contributed by atoms with Crippen molar-refractivity contribution in [2.45, 2.75) is 39.9 Å². The fourth-order valence-electron chi connectivity index (χ4n) is 0.269. The van der Waals surface area contributed by atoms with E-state index < -0.39 is 0 Å². The summed E-state index contributed by atoms with van der Waals surface area (Å²) in [4.78, 5) is 0. The van der Waals surface area contributed by atoms with E-state index in [0.717, 1.165) is 0 Å². The first-order chi connectivity index (χ1) is 8.13. The van der Waals surface area contributed by atoms with Crippen LogP contribution in [0.2, 0.25) is 0 Å². The molecule has 0 unspecified atom stereocenters. The highest BCUT2D eigenvalue weighted by Crippen LogP contribution is 2.58. The molecule has 0 saturated carbocycles. The van der Waals surface area contributed by atoms with E-state index in [1.54, 1.807) is 68.8 Å². The summed E-state index contributed by atoms with van der Waals surface area (Å²) in [5.41, 5.74) is 0. The summed E-state index contributed by atoms with van der Waals surface area (Å²) >= 11 is 2.87. The average Bonchev–Trinajstić information content (AvgIpc) is 2.25. The molecule has 0 bridgehead atoms. The Kier molecular flexibility index (Phi) is 18.3. The largest absolute Gasteiger partial charge is 0.302 e. The van der Waals surface area contributed by atoms with Gasteiger partial charge in [0.05, 0.1) is 34.4 Å². The highest BCUT2D eigenvalue weighted by Gasteiger charge is 2.00. The van der Waals surface area contributed by atoms with Crippen LogP contribution < -0.4 is 0 Å². The molecule has 17 heavy (non-hydrogen) atoms. The molecule has 11 heteroatoms. The van der Waals surface area contributed by atoms with Crippen LogP contribution in [-0.4, -0.2) is 12.2 Å². The lowest BCUT2D eigenvalue weighted by Gasteiger charge is -2.03.